The van der Waals surface area contributed by atoms with Crippen molar-refractivity contribution >= 4 is 5.91 Å². The van der Waals surface area contributed by atoms with Gasteiger partial charge < -0.3 is 14.1 Å². The maximum Gasteiger partial charge on any atom is 0.226 e. The molecule has 2 unspecified atom stereocenters. The van der Waals surface area contributed by atoms with Gasteiger partial charge in [-0.25, -0.2) is 4.98 Å². The first kappa shape index (κ1) is 15.2. The second-order valence-electron chi connectivity index (χ2n) is 6.71. The van der Waals surface area contributed by atoms with Gasteiger partial charge in [0.15, 0.2) is 0 Å². The molecular weight excluding hydrogens is 304 g/mol. The summed E-state index contributed by atoms with van der Waals surface area (Å²) < 4.78 is 11.2. The van der Waals surface area contributed by atoms with E-state index in [0.717, 1.165) is 38.1 Å². The number of ether oxygens (including phenoxy) is 1. The number of rotatable bonds is 5. The SMILES string of the molecule is O=C(C1CC1c1ccco1)N1CCC(COc2ccccn2)CC1. The predicted octanol–water partition coefficient (Wildman–Crippen LogP) is 3.10. The van der Waals surface area contributed by atoms with Crippen molar-refractivity contribution in [1.29, 1.82) is 0 Å². The summed E-state index contributed by atoms with van der Waals surface area (Å²) in [7, 11) is 0. The molecule has 1 saturated heterocycles. The highest BCUT2D eigenvalue weighted by Crippen LogP contribution is 2.48. The van der Waals surface area contributed by atoms with Crippen LogP contribution in [-0.2, 0) is 4.79 Å². The van der Waals surface area contributed by atoms with Gasteiger partial charge in [-0.05, 0) is 43.4 Å². The zero-order chi connectivity index (χ0) is 16.4. The molecule has 0 aromatic carbocycles. The third-order valence-electron chi connectivity index (χ3n) is 5.05. The fraction of sp³-hybridized carbons (Fsp3) is 0.474. The molecule has 0 spiro atoms. The van der Waals surface area contributed by atoms with Crippen LogP contribution in [0, 0.1) is 11.8 Å². The minimum atomic E-state index is 0.123. The van der Waals surface area contributed by atoms with E-state index >= 15 is 0 Å². The Labute approximate surface area is 141 Å². The summed E-state index contributed by atoms with van der Waals surface area (Å²) >= 11 is 0. The topological polar surface area (TPSA) is 55.6 Å². The van der Waals surface area contributed by atoms with Crippen LogP contribution < -0.4 is 4.74 Å². The van der Waals surface area contributed by atoms with Crippen LogP contribution in [0.25, 0.3) is 0 Å². The first-order chi connectivity index (χ1) is 11.8. The Balaban J connectivity index is 1.22. The number of hydrogen-bond donors (Lipinski definition) is 0. The zero-order valence-electron chi connectivity index (χ0n) is 13.6. The van der Waals surface area contributed by atoms with Crippen molar-refractivity contribution < 1.29 is 13.9 Å². The standard InChI is InChI=1S/C19H22N2O3/c22-19(16-12-15(16)17-4-3-11-23-17)21-9-6-14(7-10-21)13-24-18-5-1-2-8-20-18/h1-5,8,11,14-16H,6-7,9-10,12-13H2. The number of hydrogen-bond acceptors (Lipinski definition) is 4. The summed E-state index contributed by atoms with van der Waals surface area (Å²) in [6, 6.07) is 9.54. The average molecular weight is 326 g/mol. The maximum atomic E-state index is 12.6. The number of aromatic nitrogens is 1. The van der Waals surface area contributed by atoms with E-state index in [1.807, 2.05) is 35.2 Å². The Bertz CT molecular complexity index is 663. The first-order valence-electron chi connectivity index (χ1n) is 8.67. The molecule has 0 N–H and O–H groups in total. The van der Waals surface area contributed by atoms with Crippen molar-refractivity contribution in [2.45, 2.75) is 25.2 Å². The fourth-order valence-electron chi connectivity index (χ4n) is 3.47. The van der Waals surface area contributed by atoms with Gasteiger partial charge in [0.2, 0.25) is 11.8 Å². The molecule has 2 aliphatic rings. The lowest BCUT2D eigenvalue weighted by Gasteiger charge is -2.32. The van der Waals surface area contributed by atoms with Gasteiger partial charge in [0.05, 0.1) is 12.9 Å². The van der Waals surface area contributed by atoms with Crippen molar-refractivity contribution in [3.05, 3.63) is 48.6 Å². The van der Waals surface area contributed by atoms with Crippen LogP contribution >= 0.6 is 0 Å². The average Bonchev–Trinajstić information content (AvgIpc) is 3.25. The molecule has 2 aromatic rings. The first-order valence-corrected chi connectivity index (χ1v) is 8.67. The molecule has 2 aromatic heterocycles. The van der Waals surface area contributed by atoms with Crippen molar-refractivity contribution in [2.24, 2.45) is 11.8 Å². The van der Waals surface area contributed by atoms with E-state index in [0.29, 0.717) is 24.3 Å². The van der Waals surface area contributed by atoms with Gasteiger partial charge in [-0.15, -0.1) is 0 Å². The second-order valence-corrected chi connectivity index (χ2v) is 6.71. The van der Waals surface area contributed by atoms with Crippen LogP contribution in [0.1, 0.15) is 30.9 Å². The minimum absolute atomic E-state index is 0.123. The van der Waals surface area contributed by atoms with Crippen LogP contribution in [-0.4, -0.2) is 35.5 Å². The Morgan fingerprint density at radius 3 is 2.83 bits per heavy atom. The van der Waals surface area contributed by atoms with E-state index in [1.54, 1.807) is 12.5 Å². The maximum absolute atomic E-state index is 12.6. The lowest BCUT2D eigenvalue weighted by molar-refractivity contribution is -0.134. The largest absolute Gasteiger partial charge is 0.477 e. The van der Waals surface area contributed by atoms with Crippen LogP contribution in [0.4, 0.5) is 0 Å². The number of carbonyl (C=O) groups excluding carboxylic acids is 1. The third-order valence-corrected chi connectivity index (χ3v) is 5.05. The van der Waals surface area contributed by atoms with E-state index in [9.17, 15) is 4.79 Å². The van der Waals surface area contributed by atoms with Gasteiger partial charge in [0.1, 0.15) is 5.76 Å². The summed E-state index contributed by atoms with van der Waals surface area (Å²) in [5, 5.41) is 0. The molecule has 1 aliphatic heterocycles. The summed E-state index contributed by atoms with van der Waals surface area (Å²) in [6.07, 6.45) is 6.34. The van der Waals surface area contributed by atoms with E-state index in [2.05, 4.69) is 4.98 Å². The number of pyridine rings is 1. The summed E-state index contributed by atoms with van der Waals surface area (Å²) in [4.78, 5) is 18.8. The molecule has 5 nitrogen and oxygen atoms in total. The molecule has 0 radical (unpaired) electrons. The molecule has 0 bridgehead atoms. The molecule has 126 valence electrons. The molecule has 1 aliphatic carbocycles. The van der Waals surface area contributed by atoms with Crippen molar-refractivity contribution in [1.82, 2.24) is 9.88 Å². The van der Waals surface area contributed by atoms with Crippen molar-refractivity contribution in [3.63, 3.8) is 0 Å². The van der Waals surface area contributed by atoms with Crippen LogP contribution in [0.5, 0.6) is 5.88 Å². The van der Waals surface area contributed by atoms with Gasteiger partial charge in [-0.2, -0.15) is 0 Å². The molecule has 24 heavy (non-hydrogen) atoms. The normalized spacial score (nSPS) is 23.9. The van der Waals surface area contributed by atoms with Crippen molar-refractivity contribution in [2.75, 3.05) is 19.7 Å². The Morgan fingerprint density at radius 2 is 2.12 bits per heavy atom. The molecule has 1 amide bonds. The zero-order valence-corrected chi connectivity index (χ0v) is 13.6. The highest BCUT2D eigenvalue weighted by molar-refractivity contribution is 5.82. The van der Waals surface area contributed by atoms with Crippen LogP contribution in [0.3, 0.4) is 0 Å². The smallest absolute Gasteiger partial charge is 0.226 e. The van der Waals surface area contributed by atoms with E-state index in [1.165, 1.54) is 0 Å². The summed E-state index contributed by atoms with van der Waals surface area (Å²) in [5.74, 6) is 2.83. The predicted molar refractivity (Wildman–Crippen MR) is 88.6 cm³/mol. The van der Waals surface area contributed by atoms with Crippen LogP contribution in [0.15, 0.2) is 47.2 Å². The second kappa shape index (κ2) is 6.67. The molecular formula is C19H22N2O3. The number of amides is 1. The number of carbonyl (C=O) groups is 1. The fourth-order valence-corrected chi connectivity index (χ4v) is 3.47. The lowest BCUT2D eigenvalue weighted by Crippen LogP contribution is -2.40. The molecule has 5 heteroatoms. The highest BCUT2D eigenvalue weighted by atomic mass is 16.5. The van der Waals surface area contributed by atoms with E-state index in [-0.39, 0.29) is 11.8 Å². The molecule has 4 rings (SSSR count). The highest BCUT2D eigenvalue weighted by Gasteiger charge is 2.47. The van der Waals surface area contributed by atoms with E-state index < -0.39 is 0 Å². The lowest BCUT2D eigenvalue weighted by atomic mass is 9.97. The number of furan rings is 1. The number of nitrogens with zero attached hydrogens (tertiary/aromatic N) is 2. The molecule has 3 heterocycles. The molecule has 1 saturated carbocycles. The van der Waals surface area contributed by atoms with Gasteiger partial charge in [0, 0.05) is 37.2 Å². The van der Waals surface area contributed by atoms with Crippen LogP contribution in [0.2, 0.25) is 0 Å². The summed E-state index contributed by atoms with van der Waals surface area (Å²) in [6.45, 7) is 2.34. The third kappa shape index (κ3) is 3.30. The quantitative estimate of drug-likeness (QED) is 0.847. The molecule has 2 atom stereocenters. The van der Waals surface area contributed by atoms with E-state index in [4.69, 9.17) is 9.15 Å². The number of likely N-dealkylation sites (tertiary alicyclic amines) is 1. The Kier molecular flexibility index (Phi) is 4.24. The molecule has 2 fully saturated rings. The van der Waals surface area contributed by atoms with Gasteiger partial charge in [-0.1, -0.05) is 6.07 Å². The Hall–Kier alpha value is -2.30. The monoisotopic (exact) mass is 326 g/mol. The van der Waals surface area contributed by atoms with Gasteiger partial charge >= 0.3 is 0 Å². The summed E-state index contributed by atoms with van der Waals surface area (Å²) in [5.41, 5.74) is 0. The van der Waals surface area contributed by atoms with Crippen molar-refractivity contribution in [3.8, 4) is 5.88 Å². The Morgan fingerprint density at radius 1 is 1.25 bits per heavy atom. The van der Waals surface area contributed by atoms with Gasteiger partial charge in [0.25, 0.3) is 0 Å². The van der Waals surface area contributed by atoms with Gasteiger partial charge in [-0.3, -0.25) is 4.79 Å². The minimum Gasteiger partial charge on any atom is -0.477 e. The number of piperidine rings is 1.